The van der Waals surface area contributed by atoms with E-state index < -0.39 is 0 Å². The van der Waals surface area contributed by atoms with Crippen LogP contribution in [0.15, 0.2) is 29.6 Å². The Morgan fingerprint density at radius 3 is 2.52 bits per heavy atom. The Kier molecular flexibility index (Phi) is 5.81. The highest BCUT2D eigenvalue weighted by Crippen LogP contribution is 2.24. The van der Waals surface area contributed by atoms with Gasteiger partial charge < -0.3 is 15.1 Å². The van der Waals surface area contributed by atoms with E-state index >= 15 is 0 Å². The molecule has 0 radical (unpaired) electrons. The number of benzene rings is 1. The fourth-order valence-electron chi connectivity index (χ4n) is 2.72. The molecule has 1 aliphatic rings. The van der Waals surface area contributed by atoms with E-state index in [1.807, 2.05) is 24.4 Å². The van der Waals surface area contributed by atoms with Gasteiger partial charge in [-0.1, -0.05) is 18.5 Å². The predicted molar refractivity (Wildman–Crippen MR) is 105 cm³/mol. The van der Waals surface area contributed by atoms with E-state index in [9.17, 15) is 4.79 Å². The molecule has 1 unspecified atom stereocenters. The normalized spacial score (nSPS) is 16.0. The van der Waals surface area contributed by atoms with Crippen LogP contribution in [-0.4, -0.2) is 43.1 Å². The highest BCUT2D eigenvalue weighted by molar-refractivity contribution is 7.13. The minimum absolute atomic E-state index is 0.0864. The zero-order valence-electron chi connectivity index (χ0n) is 14.5. The number of carbonyl (C=O) groups excluding carboxylic acids is 1. The number of rotatable bonds is 5. The lowest BCUT2D eigenvalue weighted by Crippen LogP contribution is -2.46. The van der Waals surface area contributed by atoms with Gasteiger partial charge in [-0.15, -0.1) is 11.3 Å². The van der Waals surface area contributed by atoms with Crippen molar-refractivity contribution in [3.8, 4) is 0 Å². The van der Waals surface area contributed by atoms with E-state index in [0.717, 1.165) is 42.8 Å². The Labute approximate surface area is 157 Å². The summed E-state index contributed by atoms with van der Waals surface area (Å²) in [6, 6.07) is 8.12. The molecule has 0 saturated carbocycles. The standard InChI is InChI=1S/C18H23ClN4OS/c1-3-13(2)20-17(24)16-12-25-18(21-16)23-10-8-22(9-11-23)15-6-4-14(19)5-7-15/h4-7,12-13H,3,8-11H2,1-2H3,(H,20,24). The number of nitrogens with zero attached hydrogens (tertiary/aromatic N) is 3. The molecule has 1 amide bonds. The molecule has 3 rings (SSSR count). The van der Waals surface area contributed by atoms with Crippen LogP contribution in [-0.2, 0) is 0 Å². The van der Waals surface area contributed by atoms with E-state index in [0.29, 0.717) is 5.69 Å². The van der Waals surface area contributed by atoms with Gasteiger partial charge in [0.05, 0.1) is 0 Å². The van der Waals surface area contributed by atoms with Gasteiger partial charge in [-0.25, -0.2) is 4.98 Å². The van der Waals surface area contributed by atoms with Crippen molar-refractivity contribution in [2.24, 2.45) is 0 Å². The van der Waals surface area contributed by atoms with Crippen LogP contribution < -0.4 is 15.1 Å². The van der Waals surface area contributed by atoms with Gasteiger partial charge >= 0.3 is 0 Å². The first-order chi connectivity index (χ1) is 12.1. The molecule has 7 heteroatoms. The quantitative estimate of drug-likeness (QED) is 0.862. The maximum Gasteiger partial charge on any atom is 0.271 e. The van der Waals surface area contributed by atoms with Crippen molar-refractivity contribution in [2.75, 3.05) is 36.0 Å². The number of nitrogens with one attached hydrogen (secondary N) is 1. The number of piperazine rings is 1. The molecule has 1 atom stereocenters. The largest absolute Gasteiger partial charge is 0.368 e. The van der Waals surface area contributed by atoms with Gasteiger partial charge in [0.1, 0.15) is 5.69 Å². The monoisotopic (exact) mass is 378 g/mol. The summed E-state index contributed by atoms with van der Waals surface area (Å²) in [7, 11) is 0. The average molecular weight is 379 g/mol. The Morgan fingerprint density at radius 1 is 1.24 bits per heavy atom. The van der Waals surface area contributed by atoms with Crippen molar-refractivity contribution in [2.45, 2.75) is 26.3 Å². The van der Waals surface area contributed by atoms with Crippen LogP contribution in [0.4, 0.5) is 10.8 Å². The summed E-state index contributed by atoms with van der Waals surface area (Å²) in [5.41, 5.74) is 1.71. The first-order valence-corrected chi connectivity index (χ1v) is 9.84. The first kappa shape index (κ1) is 18.0. The molecule has 1 aliphatic heterocycles. The molecule has 1 aromatic heterocycles. The molecule has 2 aromatic rings. The topological polar surface area (TPSA) is 48.5 Å². The summed E-state index contributed by atoms with van der Waals surface area (Å²) in [6.45, 7) is 7.69. The van der Waals surface area contributed by atoms with E-state index in [1.54, 1.807) is 0 Å². The third-order valence-corrected chi connectivity index (χ3v) is 5.61. The molecule has 1 saturated heterocycles. The van der Waals surface area contributed by atoms with Crippen molar-refractivity contribution in [3.63, 3.8) is 0 Å². The maximum atomic E-state index is 12.2. The zero-order valence-corrected chi connectivity index (χ0v) is 16.1. The van der Waals surface area contributed by atoms with E-state index in [1.165, 1.54) is 17.0 Å². The van der Waals surface area contributed by atoms with Gasteiger partial charge in [-0.3, -0.25) is 4.79 Å². The summed E-state index contributed by atoms with van der Waals surface area (Å²) in [5, 5.41) is 6.49. The molecule has 134 valence electrons. The number of halogens is 1. The average Bonchev–Trinajstić information content (AvgIpc) is 3.13. The minimum Gasteiger partial charge on any atom is -0.368 e. The molecule has 0 aliphatic carbocycles. The Bertz CT molecular complexity index is 710. The summed E-state index contributed by atoms with van der Waals surface area (Å²) in [6.07, 6.45) is 0.912. The minimum atomic E-state index is -0.0864. The molecule has 5 nitrogen and oxygen atoms in total. The van der Waals surface area contributed by atoms with E-state index in [2.05, 4.69) is 39.2 Å². The van der Waals surface area contributed by atoms with Gasteiger partial charge in [-0.2, -0.15) is 0 Å². The van der Waals surface area contributed by atoms with Crippen molar-refractivity contribution in [3.05, 3.63) is 40.4 Å². The molecule has 1 N–H and O–H groups in total. The van der Waals surface area contributed by atoms with Crippen LogP contribution in [0, 0.1) is 0 Å². The lowest BCUT2D eigenvalue weighted by atomic mass is 10.2. The predicted octanol–water partition coefficient (Wildman–Crippen LogP) is 3.65. The molecule has 0 bridgehead atoms. The third kappa shape index (κ3) is 4.44. The summed E-state index contributed by atoms with van der Waals surface area (Å²) < 4.78 is 0. The Morgan fingerprint density at radius 2 is 1.88 bits per heavy atom. The van der Waals surface area contributed by atoms with E-state index in [-0.39, 0.29) is 11.9 Å². The van der Waals surface area contributed by atoms with Crippen molar-refractivity contribution >= 4 is 39.7 Å². The number of carbonyl (C=O) groups is 1. The molecule has 1 aromatic carbocycles. The SMILES string of the molecule is CCC(C)NC(=O)c1csc(N2CCN(c3ccc(Cl)cc3)CC2)n1. The van der Waals surface area contributed by atoms with Crippen LogP contribution in [0.3, 0.4) is 0 Å². The summed E-state index contributed by atoms with van der Waals surface area (Å²) >= 11 is 7.49. The van der Waals surface area contributed by atoms with Gasteiger partial charge in [0.2, 0.25) is 0 Å². The third-order valence-electron chi connectivity index (χ3n) is 4.46. The van der Waals surface area contributed by atoms with Crippen LogP contribution in [0.1, 0.15) is 30.8 Å². The van der Waals surface area contributed by atoms with Gasteiger partial charge in [0, 0.05) is 48.3 Å². The Balaban J connectivity index is 1.58. The Hall–Kier alpha value is -1.79. The number of aromatic nitrogens is 1. The molecule has 25 heavy (non-hydrogen) atoms. The molecular weight excluding hydrogens is 356 g/mol. The number of anilines is 2. The van der Waals surface area contributed by atoms with Crippen molar-refractivity contribution < 1.29 is 4.79 Å². The van der Waals surface area contributed by atoms with Crippen LogP contribution in [0.5, 0.6) is 0 Å². The number of hydrogen-bond donors (Lipinski definition) is 1. The first-order valence-electron chi connectivity index (χ1n) is 8.58. The molecule has 2 heterocycles. The van der Waals surface area contributed by atoms with E-state index in [4.69, 9.17) is 11.6 Å². The van der Waals surface area contributed by atoms with Gasteiger partial charge in [-0.05, 0) is 37.6 Å². The second kappa shape index (κ2) is 8.06. The lowest BCUT2D eigenvalue weighted by molar-refractivity contribution is 0.0935. The lowest BCUT2D eigenvalue weighted by Gasteiger charge is -2.36. The van der Waals surface area contributed by atoms with Gasteiger partial charge in [0.25, 0.3) is 5.91 Å². The van der Waals surface area contributed by atoms with Crippen molar-refractivity contribution in [1.29, 1.82) is 0 Å². The molecule has 1 fully saturated rings. The molecular formula is C18H23ClN4OS. The maximum absolute atomic E-state index is 12.2. The van der Waals surface area contributed by atoms with Crippen LogP contribution in [0.2, 0.25) is 5.02 Å². The fraction of sp³-hybridized carbons (Fsp3) is 0.444. The summed E-state index contributed by atoms with van der Waals surface area (Å²) in [5.74, 6) is -0.0864. The zero-order chi connectivity index (χ0) is 17.8. The number of hydrogen-bond acceptors (Lipinski definition) is 5. The number of thiazole rings is 1. The number of amides is 1. The second-order valence-corrected chi connectivity index (χ2v) is 7.52. The highest BCUT2D eigenvalue weighted by Gasteiger charge is 2.21. The second-order valence-electron chi connectivity index (χ2n) is 6.25. The van der Waals surface area contributed by atoms with Crippen LogP contribution in [0.25, 0.3) is 0 Å². The highest BCUT2D eigenvalue weighted by atomic mass is 35.5. The van der Waals surface area contributed by atoms with Crippen molar-refractivity contribution in [1.82, 2.24) is 10.3 Å². The fourth-order valence-corrected chi connectivity index (χ4v) is 3.71. The summed E-state index contributed by atoms with van der Waals surface area (Å²) in [4.78, 5) is 21.3. The van der Waals surface area contributed by atoms with Gasteiger partial charge in [0.15, 0.2) is 5.13 Å². The van der Waals surface area contributed by atoms with Crippen LogP contribution >= 0.6 is 22.9 Å². The smallest absolute Gasteiger partial charge is 0.271 e. The molecule has 0 spiro atoms.